The van der Waals surface area contributed by atoms with Crippen LogP contribution in [-0.2, 0) is 6.42 Å². The van der Waals surface area contributed by atoms with Crippen molar-refractivity contribution < 1.29 is 4.74 Å². The van der Waals surface area contributed by atoms with Gasteiger partial charge in [0.1, 0.15) is 5.75 Å². The summed E-state index contributed by atoms with van der Waals surface area (Å²) < 4.78 is 5.94. The van der Waals surface area contributed by atoms with Crippen molar-refractivity contribution in [2.45, 2.75) is 25.8 Å². The number of nitrogens with zero attached hydrogens (tertiary/aromatic N) is 1. The molecule has 1 aromatic carbocycles. The van der Waals surface area contributed by atoms with Crippen LogP contribution in [0.5, 0.6) is 5.75 Å². The van der Waals surface area contributed by atoms with Crippen molar-refractivity contribution in [3.05, 3.63) is 59.4 Å². The molecule has 0 bridgehead atoms. The van der Waals surface area contributed by atoms with E-state index in [1.165, 1.54) is 16.7 Å². The molecule has 3 nitrogen and oxygen atoms in total. The van der Waals surface area contributed by atoms with Gasteiger partial charge < -0.3 is 10.1 Å². The van der Waals surface area contributed by atoms with Crippen molar-refractivity contribution in [3.63, 3.8) is 0 Å². The van der Waals surface area contributed by atoms with Crippen molar-refractivity contribution in [1.82, 2.24) is 10.3 Å². The van der Waals surface area contributed by atoms with Crippen LogP contribution in [0.2, 0.25) is 0 Å². The number of hydrogen-bond donors (Lipinski definition) is 1. The van der Waals surface area contributed by atoms with Crippen LogP contribution in [0.15, 0.2) is 42.7 Å². The van der Waals surface area contributed by atoms with Gasteiger partial charge in [0.2, 0.25) is 0 Å². The second-order valence-corrected chi connectivity index (χ2v) is 5.06. The van der Waals surface area contributed by atoms with Gasteiger partial charge in [-0.05, 0) is 36.6 Å². The molecule has 2 aromatic rings. The summed E-state index contributed by atoms with van der Waals surface area (Å²) in [5.41, 5.74) is 3.72. The third-order valence-electron chi connectivity index (χ3n) is 3.70. The molecule has 0 spiro atoms. The average Bonchev–Trinajstić information content (AvgIpc) is 2.53. The van der Waals surface area contributed by atoms with E-state index in [0.717, 1.165) is 31.7 Å². The van der Waals surface area contributed by atoms with Crippen LogP contribution >= 0.6 is 0 Å². The van der Waals surface area contributed by atoms with Crippen molar-refractivity contribution in [2.75, 3.05) is 13.2 Å². The summed E-state index contributed by atoms with van der Waals surface area (Å²) in [4.78, 5) is 4.24. The van der Waals surface area contributed by atoms with Crippen molar-refractivity contribution in [3.8, 4) is 5.75 Å². The zero-order valence-corrected chi connectivity index (χ0v) is 11.8. The number of aryl methyl sites for hydroxylation is 1. The molecule has 0 aliphatic carbocycles. The number of aromatic nitrogens is 1. The van der Waals surface area contributed by atoms with Gasteiger partial charge in [-0.15, -0.1) is 0 Å². The highest BCUT2D eigenvalue weighted by atomic mass is 16.5. The maximum Gasteiger partial charge on any atom is 0.127 e. The third kappa shape index (κ3) is 2.54. The lowest BCUT2D eigenvalue weighted by Crippen LogP contribution is -2.24. The summed E-state index contributed by atoms with van der Waals surface area (Å²) in [6.07, 6.45) is 5.95. The first kappa shape index (κ1) is 13.1. The summed E-state index contributed by atoms with van der Waals surface area (Å²) >= 11 is 0. The minimum Gasteiger partial charge on any atom is -0.493 e. The maximum absolute atomic E-state index is 5.94. The molecular weight excluding hydrogens is 248 g/mol. The Morgan fingerprint density at radius 2 is 2.25 bits per heavy atom. The van der Waals surface area contributed by atoms with Crippen LogP contribution in [0.1, 0.15) is 36.1 Å². The molecular formula is C17H20N2O. The van der Waals surface area contributed by atoms with Crippen molar-refractivity contribution >= 4 is 0 Å². The monoisotopic (exact) mass is 268 g/mol. The quantitative estimate of drug-likeness (QED) is 0.925. The Labute approximate surface area is 120 Å². The Morgan fingerprint density at radius 1 is 1.30 bits per heavy atom. The second kappa shape index (κ2) is 6.06. The zero-order chi connectivity index (χ0) is 13.8. The van der Waals surface area contributed by atoms with Gasteiger partial charge in [-0.2, -0.15) is 0 Å². The van der Waals surface area contributed by atoms with Gasteiger partial charge in [-0.1, -0.05) is 31.2 Å². The molecule has 20 heavy (non-hydrogen) atoms. The summed E-state index contributed by atoms with van der Waals surface area (Å²) in [5.74, 6) is 1.06. The Bertz CT molecular complexity index is 568. The Balaban J connectivity index is 2.04. The first-order valence-corrected chi connectivity index (χ1v) is 7.28. The van der Waals surface area contributed by atoms with Gasteiger partial charge >= 0.3 is 0 Å². The molecule has 3 rings (SSSR count). The van der Waals surface area contributed by atoms with Crippen molar-refractivity contribution in [1.29, 1.82) is 0 Å². The minimum atomic E-state index is 0.141. The number of benzene rings is 1. The Hall–Kier alpha value is -1.87. The fourth-order valence-corrected chi connectivity index (χ4v) is 2.80. The number of hydrogen-bond acceptors (Lipinski definition) is 3. The highest BCUT2D eigenvalue weighted by Gasteiger charge is 2.21. The molecule has 1 N–H and O–H groups in total. The molecule has 1 aliphatic rings. The van der Waals surface area contributed by atoms with Crippen LogP contribution < -0.4 is 10.1 Å². The first-order chi connectivity index (χ1) is 9.90. The average molecular weight is 268 g/mol. The van der Waals surface area contributed by atoms with Crippen LogP contribution in [0.4, 0.5) is 0 Å². The van der Waals surface area contributed by atoms with Gasteiger partial charge in [0.25, 0.3) is 0 Å². The lowest BCUT2D eigenvalue weighted by atomic mass is 9.94. The first-order valence-electron chi connectivity index (χ1n) is 7.28. The molecule has 1 aliphatic heterocycles. The largest absolute Gasteiger partial charge is 0.493 e. The van der Waals surface area contributed by atoms with E-state index in [1.807, 2.05) is 18.5 Å². The summed E-state index contributed by atoms with van der Waals surface area (Å²) in [7, 11) is 0. The number of rotatable bonds is 4. The zero-order valence-electron chi connectivity index (χ0n) is 11.8. The molecule has 3 heteroatoms. The van der Waals surface area contributed by atoms with Gasteiger partial charge in [0.15, 0.2) is 0 Å². The van der Waals surface area contributed by atoms with Crippen LogP contribution in [0.3, 0.4) is 0 Å². The molecule has 0 amide bonds. The van der Waals surface area contributed by atoms with Crippen molar-refractivity contribution in [2.24, 2.45) is 0 Å². The summed E-state index contributed by atoms with van der Waals surface area (Å²) in [6.45, 7) is 3.85. The van der Waals surface area contributed by atoms with E-state index < -0.39 is 0 Å². The van der Waals surface area contributed by atoms with Crippen LogP contribution in [0.25, 0.3) is 0 Å². The number of ether oxygens (including phenoxy) is 1. The number of para-hydroxylation sites is 1. The molecule has 0 saturated carbocycles. The highest BCUT2D eigenvalue weighted by molar-refractivity contribution is 5.47. The second-order valence-electron chi connectivity index (χ2n) is 5.06. The topological polar surface area (TPSA) is 34.2 Å². The van der Waals surface area contributed by atoms with Crippen LogP contribution in [0, 0.1) is 0 Å². The molecule has 104 valence electrons. The van der Waals surface area contributed by atoms with E-state index in [9.17, 15) is 0 Å². The number of fused-ring (bicyclic) bond motifs is 1. The highest BCUT2D eigenvalue weighted by Crippen LogP contribution is 2.35. The molecule has 0 radical (unpaired) electrons. The normalized spacial score (nSPS) is 15.2. The van der Waals surface area contributed by atoms with Gasteiger partial charge in [-0.3, -0.25) is 4.98 Å². The van der Waals surface area contributed by atoms with Gasteiger partial charge in [0.05, 0.1) is 12.6 Å². The van der Waals surface area contributed by atoms with E-state index in [0.29, 0.717) is 0 Å². The summed E-state index contributed by atoms with van der Waals surface area (Å²) in [6, 6.07) is 10.7. The smallest absolute Gasteiger partial charge is 0.127 e. The Kier molecular flexibility index (Phi) is 3.97. The van der Waals surface area contributed by atoms with E-state index in [2.05, 4.69) is 41.5 Å². The molecule has 1 aromatic heterocycles. The fourth-order valence-electron chi connectivity index (χ4n) is 2.80. The molecule has 1 unspecified atom stereocenters. The standard InChI is InChI=1S/C17H20N2O/c1-2-19-16(14-7-4-10-18-12-14)15-9-3-6-13-8-5-11-20-17(13)15/h3-4,6-7,9-10,12,16,19H,2,5,8,11H2,1H3. The lowest BCUT2D eigenvalue weighted by Gasteiger charge is -2.25. The van der Waals surface area contributed by atoms with E-state index in [-0.39, 0.29) is 6.04 Å². The van der Waals surface area contributed by atoms with E-state index >= 15 is 0 Å². The minimum absolute atomic E-state index is 0.141. The van der Waals surface area contributed by atoms with Crippen LogP contribution in [-0.4, -0.2) is 18.1 Å². The van der Waals surface area contributed by atoms with E-state index in [1.54, 1.807) is 0 Å². The number of pyridine rings is 1. The predicted molar refractivity (Wildman–Crippen MR) is 80.0 cm³/mol. The Morgan fingerprint density at radius 3 is 3.05 bits per heavy atom. The molecule has 2 heterocycles. The van der Waals surface area contributed by atoms with E-state index in [4.69, 9.17) is 4.74 Å². The lowest BCUT2D eigenvalue weighted by molar-refractivity contribution is 0.283. The maximum atomic E-state index is 5.94. The molecule has 1 atom stereocenters. The predicted octanol–water partition coefficient (Wildman–Crippen LogP) is 3.11. The summed E-state index contributed by atoms with van der Waals surface area (Å²) in [5, 5.41) is 3.55. The third-order valence-corrected chi connectivity index (χ3v) is 3.70. The van der Waals surface area contributed by atoms with Gasteiger partial charge in [0, 0.05) is 18.0 Å². The molecule has 0 saturated heterocycles. The molecule has 0 fully saturated rings. The number of nitrogens with one attached hydrogen (secondary N) is 1. The SMILES string of the molecule is CCNC(c1cccnc1)c1cccc2c1OCCC2. The van der Waals surface area contributed by atoms with Gasteiger partial charge in [-0.25, -0.2) is 0 Å². The fraction of sp³-hybridized carbons (Fsp3) is 0.353.